The Kier molecular flexibility index (Phi) is 6.07. The van der Waals surface area contributed by atoms with E-state index in [1.165, 1.54) is 0 Å². The van der Waals surface area contributed by atoms with Crippen LogP contribution in [0.3, 0.4) is 0 Å². The summed E-state index contributed by atoms with van der Waals surface area (Å²) in [4.78, 5) is 19.1. The Bertz CT molecular complexity index is 684. The van der Waals surface area contributed by atoms with E-state index in [0.29, 0.717) is 0 Å². The van der Waals surface area contributed by atoms with Crippen LogP contribution < -0.4 is 10.6 Å². The first-order valence-corrected chi connectivity index (χ1v) is 8.57. The highest BCUT2D eigenvalue weighted by atomic mass is 35.5. The molecular weight excluding hydrogens is 347 g/mol. The fraction of sp³-hybridized carbons (Fsp3) is 0.588. The molecule has 1 aromatic heterocycles. The van der Waals surface area contributed by atoms with Crippen LogP contribution in [0.25, 0.3) is 4.85 Å². The Morgan fingerprint density at radius 3 is 2.64 bits per heavy atom. The second kappa shape index (κ2) is 7.87. The van der Waals surface area contributed by atoms with Crippen LogP contribution in [0.4, 0.5) is 20.7 Å². The van der Waals surface area contributed by atoms with Crippen LogP contribution in [-0.4, -0.2) is 28.8 Å². The fourth-order valence-electron chi connectivity index (χ4n) is 2.75. The maximum Gasteiger partial charge on any atom is 0.407 e. The van der Waals surface area contributed by atoms with E-state index in [-0.39, 0.29) is 28.7 Å². The quantitative estimate of drug-likeness (QED) is 0.600. The molecule has 0 radical (unpaired) electrons. The van der Waals surface area contributed by atoms with Gasteiger partial charge in [-0.3, -0.25) is 0 Å². The van der Waals surface area contributed by atoms with Gasteiger partial charge in [0.05, 0.1) is 12.6 Å². The molecule has 1 aliphatic rings. The molecule has 136 valence electrons. The molecule has 1 saturated carbocycles. The van der Waals surface area contributed by atoms with E-state index in [1.807, 2.05) is 0 Å². The summed E-state index contributed by atoms with van der Waals surface area (Å²) in [5.41, 5.74) is -0.616. The number of nitrogens with one attached hydrogen (secondary N) is 2. The minimum atomic E-state index is -0.642. The molecule has 8 heteroatoms. The molecule has 2 atom stereocenters. The number of anilines is 1. The first kappa shape index (κ1) is 19.3. The minimum absolute atomic E-state index is 0.0136. The third-order valence-corrected chi connectivity index (χ3v) is 4.10. The molecule has 1 heterocycles. The van der Waals surface area contributed by atoms with Crippen molar-refractivity contribution in [1.82, 2.24) is 10.3 Å². The van der Waals surface area contributed by atoms with Gasteiger partial charge in [0.15, 0.2) is 11.6 Å². The maximum absolute atomic E-state index is 14.1. The highest BCUT2D eigenvalue weighted by Crippen LogP contribution is 2.29. The Morgan fingerprint density at radius 1 is 1.40 bits per heavy atom. The second-order valence-electron chi connectivity index (χ2n) is 7.03. The lowest BCUT2D eigenvalue weighted by Crippen LogP contribution is -2.50. The highest BCUT2D eigenvalue weighted by molar-refractivity contribution is 6.32. The van der Waals surface area contributed by atoms with Crippen LogP contribution in [-0.2, 0) is 4.74 Å². The Balaban J connectivity index is 2.10. The smallest absolute Gasteiger partial charge is 0.407 e. The summed E-state index contributed by atoms with van der Waals surface area (Å²) in [6.45, 7) is 12.3. The van der Waals surface area contributed by atoms with Gasteiger partial charge in [0, 0.05) is 6.04 Å². The van der Waals surface area contributed by atoms with Crippen LogP contribution >= 0.6 is 11.6 Å². The number of pyridine rings is 1. The first-order valence-electron chi connectivity index (χ1n) is 8.19. The number of hydrogen-bond donors (Lipinski definition) is 2. The number of carbonyl (C=O) groups is 1. The van der Waals surface area contributed by atoms with E-state index in [2.05, 4.69) is 20.5 Å². The zero-order valence-corrected chi connectivity index (χ0v) is 15.3. The minimum Gasteiger partial charge on any atom is -0.444 e. The number of ether oxygens (including phenoxy) is 1. The Morgan fingerprint density at radius 2 is 2.04 bits per heavy atom. The molecule has 2 rings (SSSR count). The number of halogens is 2. The molecule has 1 amide bonds. The van der Waals surface area contributed by atoms with Crippen molar-refractivity contribution >= 4 is 29.2 Å². The number of amides is 1. The normalized spacial score (nSPS) is 20.5. The fourth-order valence-corrected chi connectivity index (χ4v) is 2.93. The summed E-state index contributed by atoms with van der Waals surface area (Å²) < 4.78 is 19.4. The highest BCUT2D eigenvalue weighted by Gasteiger charge is 2.29. The van der Waals surface area contributed by atoms with Crippen molar-refractivity contribution in [1.29, 1.82) is 0 Å². The van der Waals surface area contributed by atoms with E-state index >= 15 is 0 Å². The van der Waals surface area contributed by atoms with Gasteiger partial charge in [0.2, 0.25) is 5.69 Å². The van der Waals surface area contributed by atoms with E-state index < -0.39 is 17.5 Å². The zero-order valence-electron chi connectivity index (χ0n) is 14.5. The first-order chi connectivity index (χ1) is 11.7. The molecule has 25 heavy (non-hydrogen) atoms. The molecule has 0 saturated heterocycles. The van der Waals surface area contributed by atoms with E-state index in [9.17, 15) is 9.18 Å². The van der Waals surface area contributed by atoms with Crippen molar-refractivity contribution in [2.75, 3.05) is 5.32 Å². The van der Waals surface area contributed by atoms with Crippen LogP contribution in [0.1, 0.15) is 46.5 Å². The molecule has 0 unspecified atom stereocenters. The molecule has 0 aromatic carbocycles. The number of aromatic nitrogens is 1. The van der Waals surface area contributed by atoms with E-state index in [0.717, 1.165) is 31.7 Å². The number of nitrogens with zero attached hydrogens (tertiary/aromatic N) is 2. The molecular formula is C17H22ClFN4O2. The lowest BCUT2D eigenvalue weighted by Gasteiger charge is -2.33. The standard InChI is InChI=1S/C17H22ClFN4O2/c1-17(2,3)25-16(24)22-12-8-6-5-7-11(12)21-15-10(19)9-13(20-4)14(18)23-15/h9,11-12H,5-8H2,1-3H3,(H,21,23)(H,22,24)/t11-,12+/m1/s1. The van der Waals surface area contributed by atoms with Gasteiger partial charge >= 0.3 is 6.09 Å². The molecule has 0 bridgehead atoms. The predicted octanol–water partition coefficient (Wildman–Crippen LogP) is 4.67. The van der Waals surface area contributed by atoms with E-state index in [4.69, 9.17) is 22.9 Å². The van der Waals surface area contributed by atoms with Gasteiger partial charge in [0.25, 0.3) is 0 Å². The molecule has 0 aliphatic heterocycles. The summed E-state index contributed by atoms with van der Waals surface area (Å²) in [7, 11) is 0. The van der Waals surface area contributed by atoms with Gasteiger partial charge in [-0.15, -0.1) is 0 Å². The second-order valence-corrected chi connectivity index (χ2v) is 7.39. The summed E-state index contributed by atoms with van der Waals surface area (Å²) in [6.07, 6.45) is 2.93. The Hall–Kier alpha value is -2.07. The lowest BCUT2D eigenvalue weighted by molar-refractivity contribution is 0.0488. The van der Waals surface area contributed by atoms with Crippen LogP contribution in [0.2, 0.25) is 5.15 Å². The molecule has 6 nitrogen and oxygen atoms in total. The van der Waals surface area contributed by atoms with Gasteiger partial charge < -0.3 is 15.4 Å². The average molecular weight is 369 g/mol. The van der Waals surface area contributed by atoms with Crippen molar-refractivity contribution in [3.05, 3.63) is 28.5 Å². The van der Waals surface area contributed by atoms with Gasteiger partial charge in [-0.1, -0.05) is 24.4 Å². The number of carbonyl (C=O) groups excluding carboxylic acids is 1. The lowest BCUT2D eigenvalue weighted by atomic mass is 9.90. The van der Waals surface area contributed by atoms with Gasteiger partial charge in [-0.05, 0) is 39.7 Å². The SMILES string of the molecule is [C-]#[N+]c1cc(F)c(N[C@@H]2CCCC[C@@H]2NC(=O)OC(C)(C)C)nc1Cl. The third kappa shape index (κ3) is 5.46. The van der Waals surface area contributed by atoms with Crippen molar-refractivity contribution < 1.29 is 13.9 Å². The zero-order chi connectivity index (χ0) is 18.6. The van der Waals surface area contributed by atoms with Gasteiger partial charge in [0.1, 0.15) is 10.8 Å². The van der Waals surface area contributed by atoms with Crippen molar-refractivity contribution in [3.63, 3.8) is 0 Å². The third-order valence-electron chi connectivity index (χ3n) is 3.82. The number of hydrogen-bond acceptors (Lipinski definition) is 4. The molecule has 2 N–H and O–H groups in total. The molecule has 1 fully saturated rings. The summed E-state index contributed by atoms with van der Waals surface area (Å²) in [5, 5.41) is 5.81. The largest absolute Gasteiger partial charge is 0.444 e. The molecule has 1 aromatic rings. The average Bonchev–Trinajstić information content (AvgIpc) is 2.50. The number of rotatable bonds is 3. The summed E-state index contributed by atoms with van der Waals surface area (Å²) in [6, 6.07) is 0.659. The summed E-state index contributed by atoms with van der Waals surface area (Å²) >= 11 is 5.89. The van der Waals surface area contributed by atoms with Crippen LogP contribution in [0.15, 0.2) is 6.07 Å². The molecule has 0 spiro atoms. The maximum atomic E-state index is 14.1. The monoisotopic (exact) mass is 368 g/mol. The number of alkyl carbamates (subject to hydrolysis) is 1. The molecule has 1 aliphatic carbocycles. The van der Waals surface area contributed by atoms with Crippen LogP contribution in [0, 0.1) is 12.4 Å². The van der Waals surface area contributed by atoms with E-state index in [1.54, 1.807) is 20.8 Å². The Labute approximate surface area is 151 Å². The predicted molar refractivity (Wildman–Crippen MR) is 94.5 cm³/mol. The van der Waals surface area contributed by atoms with Gasteiger partial charge in [-0.2, -0.15) is 0 Å². The van der Waals surface area contributed by atoms with Crippen molar-refractivity contribution in [3.8, 4) is 0 Å². The van der Waals surface area contributed by atoms with Crippen molar-refractivity contribution in [2.24, 2.45) is 0 Å². The summed E-state index contributed by atoms with van der Waals surface area (Å²) in [5.74, 6) is -0.655. The van der Waals surface area contributed by atoms with Crippen molar-refractivity contribution in [2.45, 2.75) is 64.1 Å². The van der Waals surface area contributed by atoms with Crippen LogP contribution in [0.5, 0.6) is 0 Å². The topological polar surface area (TPSA) is 67.6 Å². The van der Waals surface area contributed by atoms with Gasteiger partial charge in [-0.25, -0.2) is 19.0 Å².